The number of fused-ring (bicyclic) bond motifs is 1. The van der Waals surface area contributed by atoms with E-state index in [0.29, 0.717) is 11.4 Å². The second kappa shape index (κ2) is 8.30. The monoisotopic (exact) mass is 433 g/mol. The molecule has 0 saturated heterocycles. The van der Waals surface area contributed by atoms with Crippen molar-refractivity contribution in [3.05, 3.63) is 75.8 Å². The highest BCUT2D eigenvalue weighted by atomic mass is 32.2. The SMILES string of the molecule is CCn1c(SCc2cc(=O)n3ccc(C)cc3n2)nnc1-c1ccc(C(C)(C)C)cc1. The van der Waals surface area contributed by atoms with Crippen molar-refractivity contribution >= 4 is 17.4 Å². The Morgan fingerprint density at radius 2 is 1.77 bits per heavy atom. The molecule has 0 saturated carbocycles. The number of aromatic nitrogens is 5. The molecule has 31 heavy (non-hydrogen) atoms. The van der Waals surface area contributed by atoms with Crippen LogP contribution in [0.15, 0.2) is 58.6 Å². The van der Waals surface area contributed by atoms with Crippen LogP contribution in [0.3, 0.4) is 0 Å². The molecule has 0 N–H and O–H groups in total. The average Bonchev–Trinajstić information content (AvgIpc) is 3.14. The highest BCUT2D eigenvalue weighted by molar-refractivity contribution is 7.98. The van der Waals surface area contributed by atoms with Crippen molar-refractivity contribution in [1.29, 1.82) is 0 Å². The van der Waals surface area contributed by atoms with Gasteiger partial charge in [0.1, 0.15) is 5.65 Å². The van der Waals surface area contributed by atoms with Gasteiger partial charge in [-0.2, -0.15) is 0 Å². The average molecular weight is 434 g/mol. The van der Waals surface area contributed by atoms with E-state index >= 15 is 0 Å². The smallest absolute Gasteiger partial charge is 0.258 e. The second-order valence-electron chi connectivity index (χ2n) is 8.68. The van der Waals surface area contributed by atoms with E-state index in [1.807, 2.05) is 19.1 Å². The summed E-state index contributed by atoms with van der Waals surface area (Å²) < 4.78 is 3.67. The number of rotatable bonds is 5. The number of nitrogens with zero attached hydrogens (tertiary/aromatic N) is 5. The quantitative estimate of drug-likeness (QED) is 0.420. The minimum Gasteiger partial charge on any atom is -0.302 e. The first-order valence-electron chi connectivity index (χ1n) is 10.4. The van der Waals surface area contributed by atoms with Crippen LogP contribution in [0.2, 0.25) is 0 Å². The first kappa shape index (κ1) is 21.3. The first-order valence-corrected chi connectivity index (χ1v) is 11.4. The van der Waals surface area contributed by atoms with E-state index < -0.39 is 0 Å². The molecule has 3 aromatic heterocycles. The number of pyridine rings is 1. The molecular formula is C24H27N5OS. The van der Waals surface area contributed by atoms with Gasteiger partial charge >= 0.3 is 0 Å². The maximum atomic E-state index is 12.4. The Morgan fingerprint density at radius 1 is 1.03 bits per heavy atom. The second-order valence-corrected chi connectivity index (χ2v) is 9.63. The van der Waals surface area contributed by atoms with Crippen molar-refractivity contribution in [3.63, 3.8) is 0 Å². The van der Waals surface area contributed by atoms with E-state index in [-0.39, 0.29) is 11.0 Å². The van der Waals surface area contributed by atoms with Crippen LogP contribution >= 0.6 is 11.8 Å². The molecule has 0 unspecified atom stereocenters. The Hall–Kier alpha value is -2.93. The maximum Gasteiger partial charge on any atom is 0.258 e. The normalized spacial score (nSPS) is 11.9. The van der Waals surface area contributed by atoms with Gasteiger partial charge in [-0.15, -0.1) is 10.2 Å². The van der Waals surface area contributed by atoms with Crippen molar-refractivity contribution in [1.82, 2.24) is 24.1 Å². The lowest BCUT2D eigenvalue weighted by Gasteiger charge is -2.19. The summed E-state index contributed by atoms with van der Waals surface area (Å²) in [5, 5.41) is 9.68. The molecular weight excluding hydrogens is 406 g/mol. The number of aryl methyl sites for hydroxylation is 1. The molecule has 0 bridgehead atoms. The third-order valence-corrected chi connectivity index (χ3v) is 6.27. The predicted octanol–water partition coefficient (Wildman–Crippen LogP) is 4.87. The van der Waals surface area contributed by atoms with Crippen LogP contribution in [-0.2, 0) is 17.7 Å². The first-order chi connectivity index (χ1) is 14.8. The zero-order valence-electron chi connectivity index (χ0n) is 18.6. The highest BCUT2D eigenvalue weighted by Gasteiger charge is 2.17. The van der Waals surface area contributed by atoms with E-state index in [2.05, 4.69) is 71.7 Å². The summed E-state index contributed by atoms with van der Waals surface area (Å²) in [7, 11) is 0. The Morgan fingerprint density at radius 3 is 2.45 bits per heavy atom. The lowest BCUT2D eigenvalue weighted by molar-refractivity contribution is 0.590. The van der Waals surface area contributed by atoms with Gasteiger partial charge in [0, 0.05) is 30.1 Å². The van der Waals surface area contributed by atoms with E-state index in [4.69, 9.17) is 0 Å². The molecule has 0 radical (unpaired) electrons. The largest absolute Gasteiger partial charge is 0.302 e. The predicted molar refractivity (Wildman–Crippen MR) is 126 cm³/mol. The summed E-state index contributed by atoms with van der Waals surface area (Å²) in [4.78, 5) is 17.1. The van der Waals surface area contributed by atoms with E-state index in [0.717, 1.165) is 34.3 Å². The summed E-state index contributed by atoms with van der Waals surface area (Å²) in [5.41, 5.74) is 4.86. The Kier molecular flexibility index (Phi) is 5.71. The number of hydrogen-bond donors (Lipinski definition) is 0. The maximum absolute atomic E-state index is 12.4. The summed E-state index contributed by atoms with van der Waals surface area (Å²) in [6.07, 6.45) is 1.77. The third-order valence-electron chi connectivity index (χ3n) is 5.27. The number of hydrogen-bond acceptors (Lipinski definition) is 5. The van der Waals surface area contributed by atoms with Gasteiger partial charge in [0.05, 0.1) is 5.69 Å². The number of benzene rings is 1. The molecule has 4 rings (SSSR count). The zero-order valence-corrected chi connectivity index (χ0v) is 19.4. The van der Waals surface area contributed by atoms with Crippen LogP contribution in [0.25, 0.3) is 17.0 Å². The van der Waals surface area contributed by atoms with E-state index in [9.17, 15) is 4.79 Å². The number of thioether (sulfide) groups is 1. The van der Waals surface area contributed by atoms with Crippen molar-refractivity contribution in [2.45, 2.75) is 57.5 Å². The minimum atomic E-state index is -0.0721. The molecule has 0 fully saturated rings. The summed E-state index contributed by atoms with van der Waals surface area (Å²) in [5.74, 6) is 1.41. The Labute approximate surface area is 186 Å². The van der Waals surface area contributed by atoms with Gasteiger partial charge in [-0.25, -0.2) is 4.98 Å². The van der Waals surface area contributed by atoms with Crippen molar-refractivity contribution in [2.75, 3.05) is 0 Å². The van der Waals surface area contributed by atoms with Gasteiger partial charge in [0.2, 0.25) is 0 Å². The molecule has 160 valence electrons. The van der Waals surface area contributed by atoms with Crippen LogP contribution in [0.5, 0.6) is 0 Å². The van der Waals surface area contributed by atoms with Crippen molar-refractivity contribution < 1.29 is 0 Å². The summed E-state index contributed by atoms with van der Waals surface area (Å²) in [6, 6.07) is 14.0. The van der Waals surface area contributed by atoms with E-state index in [1.165, 1.54) is 5.56 Å². The third kappa shape index (κ3) is 4.42. The van der Waals surface area contributed by atoms with Gasteiger partial charge in [-0.1, -0.05) is 56.8 Å². The van der Waals surface area contributed by atoms with Crippen molar-refractivity contribution in [2.24, 2.45) is 0 Å². The minimum absolute atomic E-state index is 0.0721. The Bertz CT molecular complexity index is 1280. The lowest BCUT2D eigenvalue weighted by Crippen LogP contribution is -2.15. The standard InChI is InChI=1S/C24H27N5OS/c1-6-28-22(17-7-9-18(10-8-17)24(3,4)5)26-27-23(28)31-15-19-14-21(30)29-12-11-16(2)13-20(29)25-19/h7-14H,6,15H2,1-5H3. The van der Waals surface area contributed by atoms with Crippen molar-refractivity contribution in [3.8, 4) is 11.4 Å². The molecule has 0 aliphatic heterocycles. The van der Waals surface area contributed by atoms with Crippen LogP contribution in [0, 0.1) is 6.92 Å². The molecule has 7 heteroatoms. The molecule has 4 aromatic rings. The molecule has 0 amide bonds. The topological polar surface area (TPSA) is 65.1 Å². The molecule has 1 aromatic carbocycles. The summed E-state index contributed by atoms with van der Waals surface area (Å²) >= 11 is 1.55. The van der Waals surface area contributed by atoms with Crippen LogP contribution in [-0.4, -0.2) is 24.1 Å². The van der Waals surface area contributed by atoms with Gasteiger partial charge in [-0.05, 0) is 42.5 Å². The zero-order chi connectivity index (χ0) is 22.2. The molecule has 6 nitrogen and oxygen atoms in total. The molecule has 3 heterocycles. The fourth-order valence-corrected chi connectivity index (χ4v) is 4.37. The van der Waals surface area contributed by atoms with E-state index in [1.54, 1.807) is 28.4 Å². The van der Waals surface area contributed by atoms with Gasteiger partial charge in [-0.3, -0.25) is 9.20 Å². The van der Waals surface area contributed by atoms with Crippen LogP contribution < -0.4 is 5.56 Å². The molecule has 0 spiro atoms. The van der Waals surface area contributed by atoms with Gasteiger partial charge < -0.3 is 4.57 Å². The molecule has 0 aliphatic rings. The fraction of sp³-hybridized carbons (Fsp3) is 0.333. The van der Waals surface area contributed by atoms with Gasteiger partial charge in [0.25, 0.3) is 5.56 Å². The molecule has 0 atom stereocenters. The molecule has 0 aliphatic carbocycles. The van der Waals surface area contributed by atoms with Crippen LogP contribution in [0.1, 0.15) is 44.5 Å². The Balaban J connectivity index is 1.58. The van der Waals surface area contributed by atoms with Gasteiger partial charge in [0.15, 0.2) is 11.0 Å². The van der Waals surface area contributed by atoms with Crippen LogP contribution in [0.4, 0.5) is 0 Å². The lowest BCUT2D eigenvalue weighted by atomic mass is 9.87. The highest BCUT2D eigenvalue weighted by Crippen LogP contribution is 2.28. The summed E-state index contributed by atoms with van der Waals surface area (Å²) in [6.45, 7) is 11.5. The fourth-order valence-electron chi connectivity index (χ4n) is 3.48.